The average Bonchev–Trinajstić information content (AvgIpc) is 2.37. The predicted octanol–water partition coefficient (Wildman–Crippen LogP) is 3.61. The molecule has 130 valence electrons. The fraction of sp³-hybridized carbons (Fsp3) is 0.632. The molecule has 0 aliphatic rings. The molecular weight excluding hydrogens is 292 g/mol. The Balaban J connectivity index is 3.41. The second kappa shape index (κ2) is 6.91. The van der Waals surface area contributed by atoms with Gasteiger partial charge in [-0.1, -0.05) is 53.7 Å². The van der Waals surface area contributed by atoms with Crippen molar-refractivity contribution in [1.29, 1.82) is 0 Å². The number of aromatic hydroxyl groups is 1. The third kappa shape index (κ3) is 4.96. The van der Waals surface area contributed by atoms with E-state index in [-0.39, 0.29) is 23.9 Å². The molecule has 0 heterocycles. The van der Waals surface area contributed by atoms with E-state index in [0.29, 0.717) is 12.2 Å². The SMILES string of the molecule is CC(C)(C)c1cc(CC(CCO)C(=O)O)cc(C(C)(C)C)c1O. The number of phenols is 1. The van der Waals surface area contributed by atoms with E-state index in [0.717, 1.165) is 16.7 Å². The molecule has 1 atom stereocenters. The lowest BCUT2D eigenvalue weighted by Crippen LogP contribution is -2.21. The molecule has 0 saturated carbocycles. The van der Waals surface area contributed by atoms with Crippen molar-refractivity contribution >= 4 is 5.97 Å². The summed E-state index contributed by atoms with van der Waals surface area (Å²) < 4.78 is 0. The Morgan fingerprint density at radius 1 is 1.04 bits per heavy atom. The molecule has 0 aromatic heterocycles. The normalized spacial score (nSPS) is 13.9. The minimum atomic E-state index is -0.901. The highest BCUT2D eigenvalue weighted by Crippen LogP contribution is 2.40. The van der Waals surface area contributed by atoms with Crippen LogP contribution < -0.4 is 0 Å². The van der Waals surface area contributed by atoms with Crippen LogP contribution in [0.5, 0.6) is 5.75 Å². The van der Waals surface area contributed by atoms with Crippen LogP contribution in [0.2, 0.25) is 0 Å². The summed E-state index contributed by atoms with van der Waals surface area (Å²) in [6.45, 7) is 12.0. The van der Waals surface area contributed by atoms with Crippen LogP contribution in [0.15, 0.2) is 12.1 Å². The van der Waals surface area contributed by atoms with Gasteiger partial charge in [0, 0.05) is 6.61 Å². The van der Waals surface area contributed by atoms with Crippen molar-refractivity contribution < 1.29 is 20.1 Å². The van der Waals surface area contributed by atoms with Gasteiger partial charge in [0.15, 0.2) is 0 Å². The van der Waals surface area contributed by atoms with Crippen LogP contribution in [0, 0.1) is 5.92 Å². The van der Waals surface area contributed by atoms with Gasteiger partial charge >= 0.3 is 5.97 Å². The first-order valence-corrected chi connectivity index (χ1v) is 8.08. The summed E-state index contributed by atoms with van der Waals surface area (Å²) in [6.07, 6.45) is 0.578. The maximum absolute atomic E-state index is 11.4. The highest BCUT2D eigenvalue weighted by molar-refractivity contribution is 5.70. The lowest BCUT2D eigenvalue weighted by Gasteiger charge is -2.28. The second-order valence-corrected chi connectivity index (χ2v) is 8.29. The van der Waals surface area contributed by atoms with Crippen molar-refractivity contribution in [2.24, 2.45) is 5.92 Å². The summed E-state index contributed by atoms with van der Waals surface area (Å²) in [6, 6.07) is 3.80. The molecule has 0 fully saturated rings. The summed E-state index contributed by atoms with van der Waals surface area (Å²) in [5.41, 5.74) is 2.06. The van der Waals surface area contributed by atoms with Gasteiger partial charge in [-0.2, -0.15) is 0 Å². The maximum atomic E-state index is 11.4. The topological polar surface area (TPSA) is 77.8 Å². The highest BCUT2D eigenvalue weighted by Gasteiger charge is 2.27. The number of hydrogen-bond donors (Lipinski definition) is 3. The van der Waals surface area contributed by atoms with Gasteiger partial charge in [-0.05, 0) is 40.4 Å². The Kier molecular flexibility index (Phi) is 5.86. The van der Waals surface area contributed by atoms with E-state index in [1.54, 1.807) is 0 Å². The largest absolute Gasteiger partial charge is 0.507 e. The summed E-state index contributed by atoms with van der Waals surface area (Å²) in [7, 11) is 0. The van der Waals surface area contributed by atoms with Crippen LogP contribution >= 0.6 is 0 Å². The maximum Gasteiger partial charge on any atom is 0.306 e. The van der Waals surface area contributed by atoms with E-state index in [4.69, 9.17) is 5.11 Å². The molecule has 1 unspecified atom stereocenters. The minimum absolute atomic E-state index is 0.146. The number of carboxylic acids is 1. The van der Waals surface area contributed by atoms with Crippen LogP contribution in [0.3, 0.4) is 0 Å². The highest BCUT2D eigenvalue weighted by atomic mass is 16.4. The van der Waals surface area contributed by atoms with Crippen LogP contribution in [-0.2, 0) is 22.0 Å². The molecule has 1 aromatic rings. The lowest BCUT2D eigenvalue weighted by molar-refractivity contribution is -0.142. The van der Waals surface area contributed by atoms with E-state index in [1.165, 1.54) is 0 Å². The zero-order valence-electron chi connectivity index (χ0n) is 15.1. The molecule has 0 radical (unpaired) electrons. The number of aliphatic hydroxyl groups excluding tert-OH is 1. The number of rotatable bonds is 5. The van der Waals surface area contributed by atoms with E-state index in [1.807, 2.05) is 53.7 Å². The molecule has 4 nitrogen and oxygen atoms in total. The first kappa shape index (κ1) is 19.5. The van der Waals surface area contributed by atoms with E-state index in [2.05, 4.69) is 0 Å². The monoisotopic (exact) mass is 322 g/mol. The second-order valence-electron chi connectivity index (χ2n) is 8.29. The summed E-state index contributed by atoms with van der Waals surface area (Å²) in [5, 5.41) is 29.1. The van der Waals surface area contributed by atoms with Gasteiger partial charge in [0.1, 0.15) is 5.75 Å². The smallest absolute Gasteiger partial charge is 0.306 e. The zero-order valence-corrected chi connectivity index (χ0v) is 15.1. The Morgan fingerprint density at radius 3 is 1.78 bits per heavy atom. The zero-order chi connectivity index (χ0) is 18.0. The first-order valence-electron chi connectivity index (χ1n) is 8.08. The van der Waals surface area contributed by atoms with Gasteiger partial charge in [0.2, 0.25) is 0 Å². The van der Waals surface area contributed by atoms with E-state index >= 15 is 0 Å². The van der Waals surface area contributed by atoms with Gasteiger partial charge in [0.05, 0.1) is 5.92 Å². The molecule has 0 bridgehead atoms. The molecular formula is C19H30O4. The predicted molar refractivity (Wildman–Crippen MR) is 92.0 cm³/mol. The molecule has 0 spiro atoms. The Bertz CT molecular complexity index is 527. The molecule has 0 saturated heterocycles. The number of aliphatic carboxylic acids is 1. The number of hydrogen-bond acceptors (Lipinski definition) is 3. The van der Waals surface area contributed by atoms with Crippen molar-refractivity contribution in [1.82, 2.24) is 0 Å². The van der Waals surface area contributed by atoms with E-state index in [9.17, 15) is 15.0 Å². The fourth-order valence-corrected chi connectivity index (χ4v) is 2.71. The van der Waals surface area contributed by atoms with Gasteiger partial charge in [0.25, 0.3) is 0 Å². The van der Waals surface area contributed by atoms with Crippen LogP contribution in [0.1, 0.15) is 64.7 Å². The van der Waals surface area contributed by atoms with Crippen molar-refractivity contribution in [2.75, 3.05) is 6.61 Å². The summed E-state index contributed by atoms with van der Waals surface area (Å²) in [4.78, 5) is 11.4. The third-order valence-electron chi connectivity index (χ3n) is 4.09. The quantitative estimate of drug-likeness (QED) is 0.774. The average molecular weight is 322 g/mol. The molecule has 0 amide bonds. The van der Waals surface area contributed by atoms with Crippen molar-refractivity contribution in [3.8, 4) is 5.75 Å². The van der Waals surface area contributed by atoms with Gasteiger partial charge < -0.3 is 15.3 Å². The number of carboxylic acid groups (broad SMARTS) is 1. The van der Waals surface area contributed by atoms with Crippen molar-refractivity contribution in [3.05, 3.63) is 28.8 Å². The molecule has 0 aliphatic carbocycles. The molecule has 1 aromatic carbocycles. The van der Waals surface area contributed by atoms with Gasteiger partial charge in [-0.3, -0.25) is 4.79 Å². The van der Waals surface area contributed by atoms with Gasteiger partial charge in [-0.25, -0.2) is 0 Å². The Morgan fingerprint density at radius 2 is 1.48 bits per heavy atom. The van der Waals surface area contributed by atoms with Crippen LogP contribution in [-0.4, -0.2) is 27.9 Å². The molecule has 1 rings (SSSR count). The fourth-order valence-electron chi connectivity index (χ4n) is 2.71. The Labute approximate surface area is 139 Å². The Hall–Kier alpha value is -1.55. The standard InChI is InChI=1S/C19H30O4/c1-18(2,3)14-10-12(9-13(7-8-20)17(22)23)11-15(16(14)21)19(4,5)6/h10-11,13,20-21H,7-9H2,1-6H3,(H,22,23). The molecule has 0 aliphatic heterocycles. The number of phenolic OH excluding ortho intramolecular Hbond substituents is 1. The summed E-state index contributed by atoms with van der Waals surface area (Å²) >= 11 is 0. The minimum Gasteiger partial charge on any atom is -0.507 e. The van der Waals surface area contributed by atoms with Gasteiger partial charge in [-0.15, -0.1) is 0 Å². The molecule has 3 N–H and O–H groups in total. The number of carbonyl (C=O) groups is 1. The van der Waals surface area contributed by atoms with Crippen LogP contribution in [0.4, 0.5) is 0 Å². The van der Waals surface area contributed by atoms with Crippen LogP contribution in [0.25, 0.3) is 0 Å². The number of benzene rings is 1. The number of aliphatic hydroxyl groups is 1. The molecule has 4 heteroatoms. The van der Waals surface area contributed by atoms with Crippen molar-refractivity contribution in [2.45, 2.75) is 65.2 Å². The third-order valence-corrected chi connectivity index (χ3v) is 4.09. The summed E-state index contributed by atoms with van der Waals surface area (Å²) in [5.74, 6) is -1.23. The van der Waals surface area contributed by atoms with E-state index < -0.39 is 11.9 Å². The molecule has 23 heavy (non-hydrogen) atoms. The first-order chi connectivity index (χ1) is 10.4. The van der Waals surface area contributed by atoms with Crippen molar-refractivity contribution in [3.63, 3.8) is 0 Å². The lowest BCUT2D eigenvalue weighted by atomic mass is 9.77.